The third kappa shape index (κ3) is 4.99. The van der Waals surface area contributed by atoms with Crippen LogP contribution >= 0.6 is 18.2 Å². The second kappa shape index (κ2) is 5.32. The molecule has 0 aliphatic heterocycles. The monoisotopic (exact) mass is 230 g/mol. The van der Waals surface area contributed by atoms with Crippen molar-refractivity contribution in [1.29, 1.82) is 0 Å². The Morgan fingerprint density at radius 1 is 1.46 bits per heavy atom. The van der Waals surface area contributed by atoms with Gasteiger partial charge in [-0.25, -0.2) is 4.57 Å². The zero-order valence-corrected chi connectivity index (χ0v) is 9.51. The Bertz CT molecular complexity index is 179. The highest BCUT2D eigenvalue weighted by molar-refractivity contribution is 7.80. The minimum atomic E-state index is -3.94. The number of aliphatic hydroxyl groups excluding tert-OH is 1. The molecule has 4 nitrogen and oxygen atoms in total. The molecule has 0 bridgehead atoms. The topological polar surface area (TPSA) is 66.8 Å². The van der Waals surface area contributed by atoms with E-state index in [0.717, 1.165) is 0 Å². The standard InChI is InChI=1S/C7H16ClO4P/c1-3-7(4-2,5-9)6-12-13(8,10)11/h9H,3-6H2,1-2H3,(H,10,11). The van der Waals surface area contributed by atoms with Gasteiger partial charge in [-0.15, -0.1) is 0 Å². The van der Waals surface area contributed by atoms with Gasteiger partial charge in [-0.1, -0.05) is 13.8 Å². The van der Waals surface area contributed by atoms with Crippen LogP contribution in [-0.2, 0) is 9.09 Å². The fourth-order valence-electron chi connectivity index (χ4n) is 0.940. The normalized spacial score (nSPS) is 17.0. The third-order valence-electron chi connectivity index (χ3n) is 2.37. The van der Waals surface area contributed by atoms with E-state index in [0.29, 0.717) is 12.8 Å². The molecule has 0 heterocycles. The van der Waals surface area contributed by atoms with Crippen LogP contribution in [0.5, 0.6) is 0 Å². The van der Waals surface area contributed by atoms with Gasteiger partial charge in [0.1, 0.15) is 0 Å². The lowest BCUT2D eigenvalue weighted by Crippen LogP contribution is -2.29. The molecule has 0 aliphatic carbocycles. The number of hydrogen-bond donors (Lipinski definition) is 2. The van der Waals surface area contributed by atoms with Gasteiger partial charge >= 0.3 is 6.95 Å². The Labute approximate surface area is 83.2 Å². The van der Waals surface area contributed by atoms with Crippen LogP contribution in [0.4, 0.5) is 0 Å². The summed E-state index contributed by atoms with van der Waals surface area (Å²) >= 11 is 5.02. The van der Waals surface area contributed by atoms with Crippen molar-refractivity contribution in [2.45, 2.75) is 26.7 Å². The molecule has 0 aromatic rings. The average Bonchev–Trinajstić information content (AvgIpc) is 2.06. The Morgan fingerprint density at radius 2 is 1.92 bits per heavy atom. The highest BCUT2D eigenvalue weighted by atomic mass is 35.7. The van der Waals surface area contributed by atoms with Gasteiger partial charge in [0.15, 0.2) is 0 Å². The van der Waals surface area contributed by atoms with Gasteiger partial charge in [-0.2, -0.15) is 0 Å². The van der Waals surface area contributed by atoms with Crippen molar-refractivity contribution in [3.63, 3.8) is 0 Å². The summed E-state index contributed by atoms with van der Waals surface area (Å²) in [5, 5.41) is 9.08. The minimum absolute atomic E-state index is 0.00772. The van der Waals surface area contributed by atoms with Crippen molar-refractivity contribution >= 4 is 18.2 Å². The molecular weight excluding hydrogens is 214 g/mol. The second-order valence-corrected chi connectivity index (χ2v) is 5.53. The molecule has 1 unspecified atom stereocenters. The van der Waals surface area contributed by atoms with Gasteiger partial charge < -0.3 is 10.00 Å². The van der Waals surface area contributed by atoms with Crippen LogP contribution in [0, 0.1) is 5.41 Å². The molecule has 0 radical (unpaired) electrons. The summed E-state index contributed by atoms with van der Waals surface area (Å²) in [4.78, 5) is 8.68. The number of halogens is 1. The van der Waals surface area contributed by atoms with Crippen LogP contribution in [0.2, 0.25) is 0 Å². The first-order valence-electron chi connectivity index (χ1n) is 4.17. The molecule has 13 heavy (non-hydrogen) atoms. The van der Waals surface area contributed by atoms with Gasteiger partial charge in [-0.05, 0) is 12.8 Å². The Hall–Kier alpha value is 0.400. The number of aliphatic hydroxyl groups is 1. The van der Waals surface area contributed by atoms with Crippen LogP contribution in [0.3, 0.4) is 0 Å². The number of hydrogen-bond acceptors (Lipinski definition) is 3. The van der Waals surface area contributed by atoms with E-state index in [4.69, 9.17) is 21.2 Å². The van der Waals surface area contributed by atoms with Crippen LogP contribution in [-0.4, -0.2) is 23.2 Å². The molecule has 0 aliphatic rings. The summed E-state index contributed by atoms with van der Waals surface area (Å²) in [6.45, 7) is -0.228. The molecule has 0 rings (SSSR count). The summed E-state index contributed by atoms with van der Waals surface area (Å²) in [5.41, 5.74) is -0.451. The van der Waals surface area contributed by atoms with Crippen molar-refractivity contribution < 1.29 is 19.1 Å². The average molecular weight is 231 g/mol. The maximum absolute atomic E-state index is 10.6. The lowest BCUT2D eigenvalue weighted by Gasteiger charge is -2.28. The predicted molar refractivity (Wildman–Crippen MR) is 51.7 cm³/mol. The molecular formula is C7H16ClO4P. The van der Waals surface area contributed by atoms with Crippen LogP contribution in [0.15, 0.2) is 0 Å². The molecule has 80 valence electrons. The minimum Gasteiger partial charge on any atom is -0.396 e. The molecule has 0 fully saturated rings. The van der Waals surface area contributed by atoms with Crippen LogP contribution in [0.1, 0.15) is 26.7 Å². The molecule has 6 heteroatoms. The highest BCUT2D eigenvalue weighted by Crippen LogP contribution is 2.49. The first-order valence-corrected chi connectivity index (χ1v) is 6.65. The molecule has 0 aromatic carbocycles. The van der Waals surface area contributed by atoms with E-state index in [2.05, 4.69) is 4.52 Å². The van der Waals surface area contributed by atoms with E-state index in [-0.39, 0.29) is 13.2 Å². The quantitative estimate of drug-likeness (QED) is 0.686. The van der Waals surface area contributed by atoms with E-state index in [1.165, 1.54) is 0 Å². The van der Waals surface area contributed by atoms with Gasteiger partial charge in [0.2, 0.25) is 0 Å². The Morgan fingerprint density at radius 3 is 2.15 bits per heavy atom. The summed E-state index contributed by atoms with van der Waals surface area (Å²) in [6.07, 6.45) is 1.35. The van der Waals surface area contributed by atoms with Crippen molar-refractivity contribution in [3.05, 3.63) is 0 Å². The Kier molecular flexibility index (Phi) is 5.49. The fourth-order valence-corrected chi connectivity index (χ4v) is 1.52. The van der Waals surface area contributed by atoms with Crippen molar-refractivity contribution in [2.75, 3.05) is 13.2 Å². The highest BCUT2D eigenvalue weighted by Gasteiger charge is 2.29. The molecule has 0 aromatic heterocycles. The first kappa shape index (κ1) is 13.4. The SMILES string of the molecule is CCC(CC)(CO)COP(=O)(O)Cl. The van der Waals surface area contributed by atoms with Gasteiger partial charge in [0, 0.05) is 16.7 Å². The summed E-state index contributed by atoms with van der Waals surface area (Å²) in [5.74, 6) is 0. The van der Waals surface area contributed by atoms with E-state index in [1.807, 2.05) is 13.8 Å². The molecule has 0 amide bonds. The summed E-state index contributed by atoms with van der Waals surface area (Å²) < 4.78 is 15.2. The second-order valence-electron chi connectivity index (χ2n) is 3.09. The third-order valence-corrected chi connectivity index (χ3v) is 3.11. The van der Waals surface area contributed by atoms with Crippen molar-refractivity contribution in [1.82, 2.24) is 0 Å². The Balaban J connectivity index is 4.19. The van der Waals surface area contributed by atoms with E-state index < -0.39 is 12.4 Å². The van der Waals surface area contributed by atoms with Gasteiger partial charge in [0.25, 0.3) is 0 Å². The van der Waals surface area contributed by atoms with Crippen molar-refractivity contribution in [3.8, 4) is 0 Å². The van der Waals surface area contributed by atoms with E-state index in [9.17, 15) is 4.57 Å². The van der Waals surface area contributed by atoms with Crippen LogP contribution in [0.25, 0.3) is 0 Å². The lowest BCUT2D eigenvalue weighted by molar-refractivity contribution is 0.0562. The molecule has 0 saturated heterocycles. The molecule has 0 spiro atoms. The zero-order chi connectivity index (χ0) is 10.5. The fraction of sp³-hybridized carbons (Fsp3) is 1.00. The largest absolute Gasteiger partial charge is 0.421 e. The molecule has 2 N–H and O–H groups in total. The zero-order valence-electron chi connectivity index (χ0n) is 7.86. The first-order chi connectivity index (χ1) is 5.89. The summed E-state index contributed by atoms with van der Waals surface area (Å²) in [7, 11) is 0. The molecule has 0 saturated carbocycles. The predicted octanol–water partition coefficient (Wildman–Crippen LogP) is 2.14. The van der Waals surface area contributed by atoms with E-state index in [1.54, 1.807) is 0 Å². The number of rotatable bonds is 6. The maximum Gasteiger partial charge on any atom is 0.421 e. The van der Waals surface area contributed by atoms with Gasteiger partial charge in [0.05, 0.1) is 13.2 Å². The summed E-state index contributed by atoms with van der Waals surface area (Å²) in [6, 6.07) is 0. The molecule has 1 atom stereocenters. The van der Waals surface area contributed by atoms with E-state index >= 15 is 0 Å². The van der Waals surface area contributed by atoms with Crippen LogP contribution < -0.4 is 0 Å². The smallest absolute Gasteiger partial charge is 0.396 e. The van der Waals surface area contributed by atoms with Crippen molar-refractivity contribution in [2.24, 2.45) is 5.41 Å². The van der Waals surface area contributed by atoms with Gasteiger partial charge in [-0.3, -0.25) is 4.52 Å². The lowest BCUT2D eigenvalue weighted by atomic mass is 9.84. The maximum atomic E-state index is 10.6.